The number of carbonyl (C=O) groups excluding carboxylic acids is 1. The Bertz CT molecular complexity index is 580. The molecule has 1 heterocycles. The molecular weight excluding hydrogens is 294 g/mol. The first-order chi connectivity index (χ1) is 9.58. The molecule has 106 valence electrons. The average molecular weight is 310 g/mol. The molecule has 6 heteroatoms. The van der Waals surface area contributed by atoms with Crippen LogP contribution in [0.25, 0.3) is 0 Å². The minimum Gasteiger partial charge on any atom is -0.378 e. The standard InChI is InChI=1S/C14H16ClN3OS/c1-18(2)12-5-3-10(4-6-12)16-13(19)7-14-17-11(8-15)9-20-14/h3-6,9H,7-8H2,1-2H3,(H,16,19). The van der Waals surface area contributed by atoms with Gasteiger partial charge in [-0.05, 0) is 24.3 Å². The second kappa shape index (κ2) is 6.72. The van der Waals surface area contributed by atoms with Gasteiger partial charge in [-0.3, -0.25) is 4.79 Å². The summed E-state index contributed by atoms with van der Waals surface area (Å²) in [5.41, 5.74) is 2.69. The Labute approximate surface area is 127 Å². The predicted octanol–water partition coefficient (Wildman–Crippen LogP) is 3.13. The van der Waals surface area contributed by atoms with Gasteiger partial charge in [-0.1, -0.05) is 0 Å². The molecule has 0 aliphatic rings. The van der Waals surface area contributed by atoms with Gasteiger partial charge >= 0.3 is 0 Å². The molecule has 4 nitrogen and oxygen atoms in total. The zero-order valence-corrected chi connectivity index (χ0v) is 13.0. The smallest absolute Gasteiger partial charge is 0.231 e. The molecule has 1 N–H and O–H groups in total. The largest absolute Gasteiger partial charge is 0.378 e. The van der Waals surface area contributed by atoms with Gasteiger partial charge < -0.3 is 10.2 Å². The molecule has 1 aromatic heterocycles. The normalized spacial score (nSPS) is 10.3. The molecule has 0 bridgehead atoms. The number of alkyl halides is 1. The zero-order chi connectivity index (χ0) is 14.5. The first kappa shape index (κ1) is 14.8. The fourth-order valence-electron chi connectivity index (χ4n) is 1.68. The molecule has 0 atom stereocenters. The molecule has 1 aromatic carbocycles. The van der Waals surface area contributed by atoms with Gasteiger partial charge in [0.25, 0.3) is 0 Å². The van der Waals surface area contributed by atoms with Crippen molar-refractivity contribution in [1.82, 2.24) is 4.98 Å². The Morgan fingerprint density at radius 3 is 2.60 bits per heavy atom. The van der Waals surface area contributed by atoms with Crippen molar-refractivity contribution in [2.45, 2.75) is 12.3 Å². The molecule has 0 aliphatic heterocycles. The predicted molar refractivity (Wildman–Crippen MR) is 84.8 cm³/mol. The third-order valence-corrected chi connectivity index (χ3v) is 3.89. The molecule has 0 fully saturated rings. The number of rotatable bonds is 5. The molecule has 0 spiro atoms. The van der Waals surface area contributed by atoms with E-state index in [0.29, 0.717) is 5.88 Å². The Morgan fingerprint density at radius 1 is 1.35 bits per heavy atom. The van der Waals surface area contributed by atoms with Crippen LogP contribution in [0.3, 0.4) is 0 Å². The number of nitrogens with zero attached hydrogens (tertiary/aromatic N) is 2. The Morgan fingerprint density at radius 2 is 2.05 bits per heavy atom. The highest BCUT2D eigenvalue weighted by molar-refractivity contribution is 7.09. The van der Waals surface area contributed by atoms with Crippen LogP contribution in [0.2, 0.25) is 0 Å². The molecule has 20 heavy (non-hydrogen) atoms. The molecule has 2 rings (SSSR count). The summed E-state index contributed by atoms with van der Waals surface area (Å²) in [7, 11) is 3.95. The van der Waals surface area contributed by atoms with Crippen molar-refractivity contribution < 1.29 is 4.79 Å². The number of thiazole rings is 1. The number of nitrogens with one attached hydrogen (secondary N) is 1. The zero-order valence-electron chi connectivity index (χ0n) is 11.4. The first-order valence-electron chi connectivity index (χ1n) is 6.15. The second-order valence-electron chi connectivity index (χ2n) is 4.53. The number of halogens is 1. The first-order valence-corrected chi connectivity index (χ1v) is 7.56. The number of hydrogen-bond acceptors (Lipinski definition) is 4. The SMILES string of the molecule is CN(C)c1ccc(NC(=O)Cc2nc(CCl)cs2)cc1. The van der Waals surface area contributed by atoms with Crippen LogP contribution in [0.15, 0.2) is 29.6 Å². The van der Waals surface area contributed by atoms with Crippen LogP contribution in [0, 0.1) is 0 Å². The van der Waals surface area contributed by atoms with Gasteiger partial charge in [0.1, 0.15) is 5.01 Å². The van der Waals surface area contributed by atoms with E-state index in [0.717, 1.165) is 22.1 Å². The van der Waals surface area contributed by atoms with Gasteiger partial charge in [0.05, 0.1) is 18.0 Å². The summed E-state index contributed by atoms with van der Waals surface area (Å²) in [6.45, 7) is 0. The number of amides is 1. The van der Waals surface area contributed by atoms with Crippen molar-refractivity contribution in [2.24, 2.45) is 0 Å². The molecule has 0 saturated carbocycles. The van der Waals surface area contributed by atoms with E-state index in [1.165, 1.54) is 11.3 Å². The number of anilines is 2. The molecule has 2 aromatic rings. The van der Waals surface area contributed by atoms with E-state index in [1.807, 2.05) is 48.6 Å². The van der Waals surface area contributed by atoms with Gasteiger partial charge in [-0.15, -0.1) is 22.9 Å². The molecule has 1 amide bonds. The van der Waals surface area contributed by atoms with Gasteiger partial charge in [0.2, 0.25) is 5.91 Å². The van der Waals surface area contributed by atoms with Crippen LogP contribution in [-0.2, 0) is 17.1 Å². The van der Waals surface area contributed by atoms with Crippen molar-refractivity contribution in [3.63, 3.8) is 0 Å². The van der Waals surface area contributed by atoms with E-state index in [-0.39, 0.29) is 12.3 Å². The van der Waals surface area contributed by atoms with Crippen molar-refractivity contribution in [3.8, 4) is 0 Å². The lowest BCUT2D eigenvalue weighted by atomic mass is 10.2. The minimum absolute atomic E-state index is 0.0712. The average Bonchev–Trinajstić information content (AvgIpc) is 2.86. The van der Waals surface area contributed by atoms with Gasteiger partial charge in [-0.2, -0.15) is 0 Å². The molecular formula is C14H16ClN3OS. The van der Waals surface area contributed by atoms with Crippen LogP contribution in [0.1, 0.15) is 10.7 Å². The summed E-state index contributed by atoms with van der Waals surface area (Å²) in [4.78, 5) is 18.2. The minimum atomic E-state index is -0.0712. The van der Waals surface area contributed by atoms with Gasteiger partial charge in [0.15, 0.2) is 0 Å². The van der Waals surface area contributed by atoms with Crippen LogP contribution in [-0.4, -0.2) is 25.0 Å². The maximum atomic E-state index is 11.9. The molecule has 0 aliphatic carbocycles. The lowest BCUT2D eigenvalue weighted by Gasteiger charge is -2.12. The van der Waals surface area contributed by atoms with Gasteiger partial charge in [0, 0.05) is 30.9 Å². The van der Waals surface area contributed by atoms with Crippen molar-refractivity contribution in [1.29, 1.82) is 0 Å². The van der Waals surface area contributed by atoms with Crippen molar-refractivity contribution >= 4 is 40.2 Å². The van der Waals surface area contributed by atoms with Crippen LogP contribution in [0.5, 0.6) is 0 Å². The number of benzene rings is 1. The molecule has 0 unspecified atom stereocenters. The van der Waals surface area contributed by atoms with Crippen LogP contribution in [0.4, 0.5) is 11.4 Å². The summed E-state index contributed by atoms with van der Waals surface area (Å²) in [6, 6.07) is 7.70. The fourth-order valence-corrected chi connectivity index (χ4v) is 2.70. The highest BCUT2D eigenvalue weighted by Crippen LogP contribution is 2.17. The van der Waals surface area contributed by atoms with Crippen molar-refractivity contribution in [3.05, 3.63) is 40.3 Å². The number of aromatic nitrogens is 1. The summed E-state index contributed by atoms with van der Waals surface area (Å²) in [5, 5.41) is 5.52. The van der Waals surface area contributed by atoms with Gasteiger partial charge in [-0.25, -0.2) is 4.98 Å². The lowest BCUT2D eigenvalue weighted by Crippen LogP contribution is -2.14. The summed E-state index contributed by atoms with van der Waals surface area (Å²) in [5.74, 6) is 0.308. The summed E-state index contributed by atoms with van der Waals surface area (Å²) in [6.07, 6.45) is 0.275. The fraction of sp³-hybridized carbons (Fsp3) is 0.286. The monoisotopic (exact) mass is 309 g/mol. The van der Waals surface area contributed by atoms with E-state index in [4.69, 9.17) is 11.6 Å². The summed E-state index contributed by atoms with van der Waals surface area (Å²) >= 11 is 7.14. The number of hydrogen-bond donors (Lipinski definition) is 1. The topological polar surface area (TPSA) is 45.2 Å². The highest BCUT2D eigenvalue weighted by Gasteiger charge is 2.08. The maximum Gasteiger partial charge on any atom is 0.231 e. The maximum absolute atomic E-state index is 11.9. The van der Waals surface area contributed by atoms with E-state index in [9.17, 15) is 4.79 Å². The van der Waals surface area contributed by atoms with Crippen LogP contribution < -0.4 is 10.2 Å². The third-order valence-electron chi connectivity index (χ3n) is 2.72. The quantitative estimate of drug-likeness (QED) is 0.863. The Balaban J connectivity index is 1.93. The third kappa shape index (κ3) is 3.95. The Kier molecular flexibility index (Phi) is 4.98. The van der Waals surface area contributed by atoms with E-state index >= 15 is 0 Å². The second-order valence-corrected chi connectivity index (χ2v) is 5.74. The van der Waals surface area contributed by atoms with E-state index < -0.39 is 0 Å². The van der Waals surface area contributed by atoms with E-state index in [2.05, 4.69) is 10.3 Å². The van der Waals surface area contributed by atoms with E-state index in [1.54, 1.807) is 0 Å². The summed E-state index contributed by atoms with van der Waals surface area (Å²) < 4.78 is 0. The molecule has 0 saturated heterocycles. The lowest BCUT2D eigenvalue weighted by molar-refractivity contribution is -0.115. The Hall–Kier alpha value is -1.59. The molecule has 0 radical (unpaired) electrons. The van der Waals surface area contributed by atoms with Crippen LogP contribution >= 0.6 is 22.9 Å². The van der Waals surface area contributed by atoms with Crippen molar-refractivity contribution in [2.75, 3.05) is 24.3 Å². The number of carbonyl (C=O) groups is 1. The highest BCUT2D eigenvalue weighted by atomic mass is 35.5.